The van der Waals surface area contributed by atoms with Crippen LogP contribution in [-0.4, -0.2) is 58.7 Å². The third-order valence-corrected chi connectivity index (χ3v) is 5.59. The number of phenols is 1. The van der Waals surface area contributed by atoms with Gasteiger partial charge < -0.3 is 20.8 Å². The number of aromatic nitrogens is 1. The Bertz CT molecular complexity index is 780. The highest BCUT2D eigenvalue weighted by Crippen LogP contribution is 2.24. The molecule has 1 aromatic heterocycles. The first kappa shape index (κ1) is 18.6. The van der Waals surface area contributed by atoms with Crippen LogP contribution in [-0.2, 0) is 0 Å². The number of aromatic hydroxyl groups is 1. The van der Waals surface area contributed by atoms with Crippen LogP contribution in [0.3, 0.4) is 0 Å². The zero-order valence-corrected chi connectivity index (χ0v) is 15.6. The summed E-state index contributed by atoms with van der Waals surface area (Å²) < 4.78 is 0. The van der Waals surface area contributed by atoms with E-state index < -0.39 is 12.0 Å². The Morgan fingerprint density at radius 2 is 2.15 bits per heavy atom. The van der Waals surface area contributed by atoms with E-state index in [9.17, 15) is 15.0 Å². The number of carbonyl (C=O) groups is 1. The monoisotopic (exact) mass is 376 g/mol. The first-order valence-electron chi connectivity index (χ1n) is 8.64. The van der Waals surface area contributed by atoms with Crippen molar-refractivity contribution >= 4 is 22.4 Å². The normalized spacial score (nSPS) is 17.1. The van der Waals surface area contributed by atoms with Gasteiger partial charge in [0.05, 0.1) is 17.4 Å². The van der Waals surface area contributed by atoms with E-state index >= 15 is 0 Å². The summed E-state index contributed by atoms with van der Waals surface area (Å²) in [4.78, 5) is 20.4. The van der Waals surface area contributed by atoms with Gasteiger partial charge in [0.1, 0.15) is 5.75 Å². The van der Waals surface area contributed by atoms with Crippen molar-refractivity contribution in [2.24, 2.45) is 5.73 Å². The molecule has 1 aliphatic heterocycles. The van der Waals surface area contributed by atoms with Gasteiger partial charge in [-0.25, -0.2) is 4.98 Å². The number of anilines is 1. The van der Waals surface area contributed by atoms with E-state index in [1.165, 1.54) is 12.1 Å². The van der Waals surface area contributed by atoms with E-state index in [4.69, 9.17) is 5.73 Å². The van der Waals surface area contributed by atoms with Crippen LogP contribution in [0.5, 0.6) is 5.75 Å². The molecule has 1 amide bonds. The van der Waals surface area contributed by atoms with Crippen LogP contribution in [0.2, 0.25) is 0 Å². The number of primary amides is 1. The average Bonchev–Trinajstić information content (AvgIpc) is 2.90. The average molecular weight is 376 g/mol. The molecule has 0 bridgehead atoms. The van der Waals surface area contributed by atoms with Gasteiger partial charge in [-0.05, 0) is 31.0 Å². The van der Waals surface area contributed by atoms with Gasteiger partial charge in [-0.3, -0.25) is 9.69 Å². The fourth-order valence-electron chi connectivity index (χ4n) is 3.14. The molecular weight excluding hydrogens is 352 g/mol. The van der Waals surface area contributed by atoms with Crippen molar-refractivity contribution < 1.29 is 15.0 Å². The number of hydrogen-bond acceptors (Lipinski definition) is 7. The van der Waals surface area contributed by atoms with Crippen LogP contribution in [0.15, 0.2) is 23.6 Å². The number of aryl methyl sites for hydroxylation is 1. The number of amides is 1. The van der Waals surface area contributed by atoms with E-state index in [0.717, 1.165) is 43.4 Å². The van der Waals surface area contributed by atoms with E-state index in [1.807, 2.05) is 6.92 Å². The number of rotatable bonds is 5. The summed E-state index contributed by atoms with van der Waals surface area (Å²) in [6.07, 6.45) is 0.246. The number of aliphatic hydroxyl groups excluding tert-OH is 1. The molecule has 8 heteroatoms. The third kappa shape index (κ3) is 4.32. The van der Waals surface area contributed by atoms with Crippen LogP contribution in [0.4, 0.5) is 5.13 Å². The minimum absolute atomic E-state index is 0.0303. The molecule has 1 fully saturated rings. The highest BCUT2D eigenvalue weighted by molar-refractivity contribution is 7.13. The maximum absolute atomic E-state index is 11.4. The van der Waals surface area contributed by atoms with Gasteiger partial charge in [-0.2, -0.15) is 0 Å². The van der Waals surface area contributed by atoms with Crippen molar-refractivity contribution in [2.75, 3.05) is 37.6 Å². The quantitative estimate of drug-likeness (QED) is 0.731. The summed E-state index contributed by atoms with van der Waals surface area (Å²) in [7, 11) is 0. The highest BCUT2D eigenvalue weighted by atomic mass is 32.1. The number of β-amino-alcohol motifs (C(OH)–C–C–N with tert-alkyl or cyclic N) is 1. The number of thiazole rings is 1. The first-order valence-corrected chi connectivity index (χ1v) is 9.52. The number of nitrogens with two attached hydrogens (primary N) is 1. The van der Waals surface area contributed by atoms with Gasteiger partial charge in [0.2, 0.25) is 0 Å². The molecule has 7 nitrogen and oxygen atoms in total. The maximum atomic E-state index is 11.4. The van der Waals surface area contributed by atoms with Gasteiger partial charge in [-0.15, -0.1) is 11.3 Å². The van der Waals surface area contributed by atoms with Crippen LogP contribution in [0.25, 0.3) is 0 Å². The molecule has 1 unspecified atom stereocenters. The molecule has 2 heterocycles. The van der Waals surface area contributed by atoms with Crippen molar-refractivity contribution in [3.05, 3.63) is 40.4 Å². The summed E-state index contributed by atoms with van der Waals surface area (Å²) in [5.41, 5.74) is 6.91. The maximum Gasteiger partial charge on any atom is 0.252 e. The molecule has 1 aromatic carbocycles. The number of benzene rings is 1. The molecule has 1 aliphatic rings. The van der Waals surface area contributed by atoms with Gasteiger partial charge in [0.25, 0.3) is 5.91 Å². The fraction of sp³-hybridized carbons (Fsp3) is 0.444. The van der Waals surface area contributed by atoms with Gasteiger partial charge >= 0.3 is 0 Å². The zero-order valence-electron chi connectivity index (χ0n) is 14.8. The van der Waals surface area contributed by atoms with Gasteiger partial charge in [0.15, 0.2) is 5.13 Å². The number of carbonyl (C=O) groups excluding carboxylic acids is 1. The smallest absolute Gasteiger partial charge is 0.252 e. The fourth-order valence-corrected chi connectivity index (χ4v) is 4.00. The van der Waals surface area contributed by atoms with Crippen molar-refractivity contribution in [3.63, 3.8) is 0 Å². The Balaban J connectivity index is 1.62. The minimum Gasteiger partial charge on any atom is -0.507 e. The predicted octanol–water partition coefficient (Wildman–Crippen LogP) is 1.50. The standard InChI is InChI=1S/C18H24N4O3S/c1-12-11-26-18(20-12)22-6-2-5-21(7-8-22)10-16(24)13-3-4-15(23)14(9-13)17(19)25/h3-4,9,11,16,23-24H,2,5-8,10H2,1H3,(H2,19,25). The zero-order chi connectivity index (χ0) is 18.7. The van der Waals surface area contributed by atoms with Crippen LogP contribution >= 0.6 is 11.3 Å². The van der Waals surface area contributed by atoms with Crippen molar-refractivity contribution in [1.82, 2.24) is 9.88 Å². The number of nitrogens with zero attached hydrogens (tertiary/aromatic N) is 3. The SMILES string of the molecule is Cc1csc(N2CCCN(CC(O)c3ccc(O)c(C(N)=O)c3)CC2)n1. The molecule has 140 valence electrons. The van der Waals surface area contributed by atoms with Crippen LogP contribution < -0.4 is 10.6 Å². The van der Waals surface area contributed by atoms with Crippen LogP contribution in [0.1, 0.15) is 34.1 Å². The highest BCUT2D eigenvalue weighted by Gasteiger charge is 2.21. The molecule has 1 saturated heterocycles. The van der Waals surface area contributed by atoms with E-state index in [1.54, 1.807) is 17.4 Å². The molecular formula is C18H24N4O3S. The van der Waals surface area contributed by atoms with Crippen molar-refractivity contribution in [3.8, 4) is 5.75 Å². The lowest BCUT2D eigenvalue weighted by atomic mass is 10.0. The minimum atomic E-state index is -0.748. The summed E-state index contributed by atoms with van der Waals surface area (Å²) in [5.74, 6) is -0.877. The second kappa shape index (κ2) is 8.03. The largest absolute Gasteiger partial charge is 0.507 e. The van der Waals surface area contributed by atoms with E-state index in [0.29, 0.717) is 12.1 Å². The topological polar surface area (TPSA) is 103 Å². The molecule has 0 radical (unpaired) electrons. The van der Waals surface area contributed by atoms with Gasteiger partial charge in [0, 0.05) is 38.1 Å². The molecule has 3 rings (SSSR count). The summed E-state index contributed by atoms with van der Waals surface area (Å²) in [6, 6.07) is 4.48. The molecule has 2 aromatic rings. The second-order valence-corrected chi connectivity index (χ2v) is 7.41. The lowest BCUT2D eigenvalue weighted by Crippen LogP contribution is -2.33. The summed E-state index contributed by atoms with van der Waals surface area (Å²) in [5, 5.41) is 23.3. The predicted molar refractivity (Wildman–Crippen MR) is 102 cm³/mol. The molecule has 0 aliphatic carbocycles. The van der Waals surface area contributed by atoms with Crippen LogP contribution in [0, 0.1) is 6.92 Å². The Labute approximate surface area is 156 Å². The van der Waals surface area contributed by atoms with Gasteiger partial charge in [-0.1, -0.05) is 6.07 Å². The lowest BCUT2D eigenvalue weighted by molar-refractivity contribution is 0.0996. The molecule has 26 heavy (non-hydrogen) atoms. The second-order valence-electron chi connectivity index (χ2n) is 6.57. The number of hydrogen-bond donors (Lipinski definition) is 3. The first-order chi connectivity index (χ1) is 12.4. The van der Waals surface area contributed by atoms with Crippen molar-refractivity contribution in [2.45, 2.75) is 19.4 Å². The van der Waals surface area contributed by atoms with E-state index in [2.05, 4.69) is 20.2 Å². The summed E-state index contributed by atoms with van der Waals surface area (Å²) in [6.45, 7) is 5.99. The molecule has 0 saturated carbocycles. The van der Waals surface area contributed by atoms with Crippen molar-refractivity contribution in [1.29, 1.82) is 0 Å². The third-order valence-electron chi connectivity index (χ3n) is 4.57. The molecule has 0 spiro atoms. The summed E-state index contributed by atoms with van der Waals surface area (Å²) >= 11 is 1.66. The molecule has 4 N–H and O–H groups in total. The Hall–Kier alpha value is -2.16. The number of aliphatic hydroxyl groups is 1. The Morgan fingerprint density at radius 3 is 2.85 bits per heavy atom. The Kier molecular flexibility index (Phi) is 5.75. The van der Waals surface area contributed by atoms with E-state index in [-0.39, 0.29) is 11.3 Å². The lowest BCUT2D eigenvalue weighted by Gasteiger charge is -2.24. The Morgan fingerprint density at radius 1 is 1.35 bits per heavy atom. The molecule has 1 atom stereocenters.